The lowest BCUT2D eigenvalue weighted by atomic mass is 9.49. The summed E-state index contributed by atoms with van der Waals surface area (Å²) in [6.07, 6.45) is 8.77. The Morgan fingerprint density at radius 2 is 1.96 bits per heavy atom. The van der Waals surface area contributed by atoms with Gasteiger partial charge in [0, 0.05) is 51.7 Å². The minimum Gasteiger partial charge on any atom is -0.340 e. The zero-order valence-electron chi connectivity index (χ0n) is 17.8. The highest BCUT2D eigenvalue weighted by atomic mass is 16.2. The summed E-state index contributed by atoms with van der Waals surface area (Å²) in [5, 5.41) is 0. The van der Waals surface area contributed by atoms with Crippen LogP contribution >= 0.6 is 0 Å². The van der Waals surface area contributed by atoms with E-state index < -0.39 is 0 Å². The molecule has 4 heteroatoms. The second-order valence-electron chi connectivity index (χ2n) is 9.98. The molecule has 1 saturated heterocycles. The van der Waals surface area contributed by atoms with Crippen molar-refractivity contribution in [2.24, 2.45) is 23.2 Å². The fourth-order valence-corrected chi connectivity index (χ4v) is 5.65. The van der Waals surface area contributed by atoms with Crippen molar-refractivity contribution in [3.63, 3.8) is 0 Å². The largest absolute Gasteiger partial charge is 0.340 e. The van der Waals surface area contributed by atoms with Gasteiger partial charge in [0.25, 0.3) is 0 Å². The van der Waals surface area contributed by atoms with Crippen molar-refractivity contribution in [1.82, 2.24) is 14.7 Å². The number of carbonyl (C=O) groups is 1. The Hall–Kier alpha value is -0.870. The molecule has 152 valence electrons. The van der Waals surface area contributed by atoms with Gasteiger partial charge in [-0.25, -0.2) is 0 Å². The van der Waals surface area contributed by atoms with Crippen molar-refractivity contribution in [2.45, 2.75) is 52.9 Å². The van der Waals surface area contributed by atoms with E-state index in [9.17, 15) is 4.79 Å². The van der Waals surface area contributed by atoms with Crippen LogP contribution in [0.1, 0.15) is 52.9 Å². The van der Waals surface area contributed by atoms with Gasteiger partial charge in [0.15, 0.2) is 0 Å². The number of allylic oxidation sites excluding steroid dienone is 1. The molecule has 0 aromatic rings. The average molecular weight is 374 g/mol. The van der Waals surface area contributed by atoms with Gasteiger partial charge in [-0.2, -0.15) is 0 Å². The van der Waals surface area contributed by atoms with Crippen LogP contribution in [0.3, 0.4) is 0 Å². The Morgan fingerprint density at radius 3 is 2.52 bits per heavy atom. The zero-order valence-corrected chi connectivity index (χ0v) is 17.8. The molecule has 0 aromatic carbocycles. The third-order valence-electron chi connectivity index (χ3n) is 8.31. The van der Waals surface area contributed by atoms with Crippen LogP contribution in [0, 0.1) is 23.2 Å². The van der Waals surface area contributed by atoms with Crippen molar-refractivity contribution in [1.29, 1.82) is 0 Å². The number of rotatable bonds is 7. The highest BCUT2D eigenvalue weighted by Crippen LogP contribution is 2.59. The molecule has 1 amide bonds. The second kappa shape index (κ2) is 7.87. The van der Waals surface area contributed by atoms with Gasteiger partial charge in [-0.15, -0.1) is 0 Å². The first kappa shape index (κ1) is 19.4. The predicted molar refractivity (Wildman–Crippen MR) is 111 cm³/mol. The van der Waals surface area contributed by atoms with E-state index in [-0.39, 0.29) is 0 Å². The highest BCUT2D eigenvalue weighted by molar-refractivity contribution is 5.79. The number of amides is 1. The molecule has 1 heterocycles. The van der Waals surface area contributed by atoms with Gasteiger partial charge in [-0.3, -0.25) is 14.6 Å². The first-order chi connectivity index (χ1) is 13.0. The van der Waals surface area contributed by atoms with Gasteiger partial charge in [0.05, 0.1) is 0 Å². The van der Waals surface area contributed by atoms with Gasteiger partial charge in [0.2, 0.25) is 5.91 Å². The standard InChI is InChI=1S/C23H39N3O/c1-4-24(17-19-8-9-20-16-21(19)23(20,2)3)10-11-25-12-14-26(15-13-25)22(27)18-6-5-7-18/h8,18,20-21H,4-7,9-17H2,1-3H3. The lowest BCUT2D eigenvalue weighted by Crippen LogP contribution is -2.52. The fraction of sp³-hybridized carbons (Fsp3) is 0.870. The summed E-state index contributed by atoms with van der Waals surface area (Å²) in [6, 6.07) is 0. The molecule has 0 aromatic heterocycles. The lowest BCUT2D eigenvalue weighted by molar-refractivity contribution is -0.139. The number of hydrogen-bond donors (Lipinski definition) is 0. The molecule has 3 fully saturated rings. The molecule has 0 N–H and O–H groups in total. The molecule has 2 atom stereocenters. The number of hydrogen-bond acceptors (Lipinski definition) is 3. The quantitative estimate of drug-likeness (QED) is 0.641. The van der Waals surface area contributed by atoms with Crippen LogP contribution in [0.2, 0.25) is 0 Å². The molecule has 2 saturated carbocycles. The molecule has 0 spiro atoms. The highest BCUT2D eigenvalue weighted by Gasteiger charge is 2.51. The van der Waals surface area contributed by atoms with E-state index in [1.807, 2.05) is 0 Å². The van der Waals surface area contributed by atoms with Crippen molar-refractivity contribution >= 4 is 5.91 Å². The van der Waals surface area contributed by atoms with Crippen molar-refractivity contribution < 1.29 is 4.79 Å². The Balaban J connectivity index is 1.20. The van der Waals surface area contributed by atoms with Crippen molar-refractivity contribution in [3.05, 3.63) is 11.6 Å². The lowest BCUT2D eigenvalue weighted by Gasteiger charge is -2.57. The molecule has 1 aliphatic heterocycles. The summed E-state index contributed by atoms with van der Waals surface area (Å²) in [4.78, 5) is 19.7. The first-order valence-electron chi connectivity index (χ1n) is 11.4. The predicted octanol–water partition coefficient (Wildman–Crippen LogP) is 3.25. The molecule has 5 aliphatic rings. The molecule has 0 radical (unpaired) electrons. The molecule has 4 nitrogen and oxygen atoms in total. The van der Waals surface area contributed by atoms with Crippen LogP contribution in [0.15, 0.2) is 11.6 Å². The van der Waals surface area contributed by atoms with Crippen LogP contribution < -0.4 is 0 Å². The molecule has 2 unspecified atom stereocenters. The molecule has 4 aliphatic carbocycles. The van der Waals surface area contributed by atoms with Gasteiger partial charge < -0.3 is 4.90 Å². The van der Waals surface area contributed by atoms with E-state index in [0.29, 0.717) is 17.2 Å². The van der Waals surface area contributed by atoms with Crippen molar-refractivity contribution in [3.8, 4) is 0 Å². The second-order valence-corrected chi connectivity index (χ2v) is 9.98. The van der Waals surface area contributed by atoms with Crippen molar-refractivity contribution in [2.75, 3.05) is 52.4 Å². The molecular formula is C23H39N3O. The van der Waals surface area contributed by atoms with Gasteiger partial charge in [-0.1, -0.05) is 38.8 Å². The third kappa shape index (κ3) is 3.85. The van der Waals surface area contributed by atoms with Crippen LogP contribution in [-0.4, -0.2) is 73.0 Å². The maximum atomic E-state index is 12.4. The number of nitrogens with zero attached hydrogens (tertiary/aromatic N) is 3. The van der Waals surface area contributed by atoms with Crippen LogP contribution in [0.5, 0.6) is 0 Å². The Kier molecular flexibility index (Phi) is 5.67. The summed E-state index contributed by atoms with van der Waals surface area (Å²) in [5.41, 5.74) is 2.24. The summed E-state index contributed by atoms with van der Waals surface area (Å²) in [5.74, 6) is 2.54. The fourth-order valence-electron chi connectivity index (χ4n) is 5.65. The molecule has 5 rings (SSSR count). The summed E-state index contributed by atoms with van der Waals surface area (Å²) < 4.78 is 0. The third-order valence-corrected chi connectivity index (χ3v) is 8.31. The van der Waals surface area contributed by atoms with E-state index in [0.717, 1.165) is 77.0 Å². The summed E-state index contributed by atoms with van der Waals surface area (Å²) >= 11 is 0. The average Bonchev–Trinajstić information content (AvgIpc) is 2.64. The smallest absolute Gasteiger partial charge is 0.225 e. The van der Waals surface area contributed by atoms with Gasteiger partial charge in [0.1, 0.15) is 0 Å². The van der Waals surface area contributed by atoms with E-state index >= 15 is 0 Å². The maximum Gasteiger partial charge on any atom is 0.225 e. The number of piperazine rings is 1. The number of carbonyl (C=O) groups excluding carboxylic acids is 1. The zero-order chi connectivity index (χ0) is 19.0. The topological polar surface area (TPSA) is 26.8 Å². The molecule has 2 bridgehead atoms. The minimum absolute atomic E-state index is 0.353. The van der Waals surface area contributed by atoms with Crippen LogP contribution in [-0.2, 0) is 4.79 Å². The van der Waals surface area contributed by atoms with Gasteiger partial charge >= 0.3 is 0 Å². The summed E-state index contributed by atoms with van der Waals surface area (Å²) in [6.45, 7) is 15.8. The Bertz CT molecular complexity index is 572. The number of likely N-dealkylation sites (N-methyl/N-ethyl adjacent to an activating group) is 1. The minimum atomic E-state index is 0.353. The summed E-state index contributed by atoms with van der Waals surface area (Å²) in [7, 11) is 0. The van der Waals surface area contributed by atoms with Gasteiger partial charge in [-0.05, 0) is 49.5 Å². The van der Waals surface area contributed by atoms with E-state index in [2.05, 4.69) is 41.5 Å². The Morgan fingerprint density at radius 1 is 1.22 bits per heavy atom. The number of fused-ring (bicyclic) bond motifs is 1. The normalized spacial score (nSPS) is 30.7. The van der Waals surface area contributed by atoms with E-state index in [1.165, 1.54) is 19.3 Å². The molecule has 27 heavy (non-hydrogen) atoms. The maximum absolute atomic E-state index is 12.4. The van der Waals surface area contributed by atoms with E-state index in [1.54, 1.807) is 5.57 Å². The monoisotopic (exact) mass is 373 g/mol. The Labute approximate surface area is 165 Å². The van der Waals surface area contributed by atoms with Crippen LogP contribution in [0.4, 0.5) is 0 Å². The first-order valence-corrected chi connectivity index (χ1v) is 11.4. The van der Waals surface area contributed by atoms with E-state index in [4.69, 9.17) is 0 Å². The van der Waals surface area contributed by atoms with Crippen LogP contribution in [0.25, 0.3) is 0 Å². The SMILES string of the molecule is CCN(CCN1CCN(C(=O)C2CCC2)CC1)CC1=CCC2CC1C2(C)C. The molecular weight excluding hydrogens is 334 g/mol.